The Labute approximate surface area is 119 Å². The monoisotopic (exact) mass is 299 g/mol. The fourth-order valence-electron chi connectivity index (χ4n) is 3.55. The highest BCUT2D eigenvalue weighted by atomic mass is 32.2. The van der Waals surface area contributed by atoms with Gasteiger partial charge in [0.2, 0.25) is 5.88 Å². The third-order valence-corrected chi connectivity index (χ3v) is 6.82. The SMILES string of the molecule is COc1c(CN2C[C@@H]3CCS(=O)(=O)[C@@H]3C2)c(C)nn1C. The summed E-state index contributed by atoms with van der Waals surface area (Å²) in [4.78, 5) is 2.22. The van der Waals surface area contributed by atoms with E-state index in [-0.39, 0.29) is 5.25 Å². The van der Waals surface area contributed by atoms with Gasteiger partial charge in [0.1, 0.15) is 0 Å². The second kappa shape index (κ2) is 4.73. The molecule has 0 spiro atoms. The number of aromatic nitrogens is 2. The molecule has 0 aliphatic carbocycles. The van der Waals surface area contributed by atoms with Gasteiger partial charge in [-0.2, -0.15) is 5.10 Å². The van der Waals surface area contributed by atoms with Crippen molar-refractivity contribution >= 4 is 9.84 Å². The summed E-state index contributed by atoms with van der Waals surface area (Å²) < 4.78 is 31.1. The molecule has 0 unspecified atom stereocenters. The Balaban J connectivity index is 1.78. The zero-order chi connectivity index (χ0) is 14.5. The Bertz CT molecular complexity index is 623. The van der Waals surface area contributed by atoms with Crippen LogP contribution in [-0.4, -0.2) is 54.3 Å². The summed E-state index contributed by atoms with van der Waals surface area (Å²) in [5, 5.41) is 4.21. The molecule has 3 heterocycles. The average molecular weight is 299 g/mol. The lowest BCUT2D eigenvalue weighted by Crippen LogP contribution is -2.26. The molecule has 2 atom stereocenters. The van der Waals surface area contributed by atoms with Crippen LogP contribution in [0.25, 0.3) is 0 Å². The van der Waals surface area contributed by atoms with E-state index in [2.05, 4.69) is 10.00 Å². The first-order valence-corrected chi connectivity index (χ1v) is 8.64. The highest BCUT2D eigenvalue weighted by Crippen LogP contribution is 2.35. The first-order chi connectivity index (χ1) is 9.42. The van der Waals surface area contributed by atoms with Crippen molar-refractivity contribution in [1.29, 1.82) is 0 Å². The third kappa shape index (κ3) is 2.13. The van der Waals surface area contributed by atoms with Gasteiger partial charge in [-0.05, 0) is 19.3 Å². The van der Waals surface area contributed by atoms with Crippen LogP contribution in [0.3, 0.4) is 0 Å². The molecular formula is C13H21N3O3S. The number of fused-ring (bicyclic) bond motifs is 1. The lowest BCUT2D eigenvalue weighted by Gasteiger charge is -2.17. The predicted octanol–water partition coefficient (Wildman–Crippen LogP) is 0.356. The van der Waals surface area contributed by atoms with Crippen LogP contribution >= 0.6 is 0 Å². The third-order valence-electron chi connectivity index (χ3n) is 4.55. The van der Waals surface area contributed by atoms with Crippen molar-refractivity contribution < 1.29 is 13.2 Å². The van der Waals surface area contributed by atoms with E-state index >= 15 is 0 Å². The van der Waals surface area contributed by atoms with Crippen molar-refractivity contribution in [3.63, 3.8) is 0 Å². The van der Waals surface area contributed by atoms with Crippen molar-refractivity contribution in [2.45, 2.75) is 25.1 Å². The average Bonchev–Trinajstić information content (AvgIpc) is 2.97. The molecule has 0 aromatic carbocycles. The van der Waals surface area contributed by atoms with E-state index in [1.165, 1.54) is 0 Å². The minimum Gasteiger partial charge on any atom is -0.481 e. The number of rotatable bonds is 3. The normalized spacial score (nSPS) is 28.8. The van der Waals surface area contributed by atoms with Crippen LogP contribution in [0.2, 0.25) is 0 Å². The zero-order valence-corrected chi connectivity index (χ0v) is 13.0. The first-order valence-electron chi connectivity index (χ1n) is 6.92. The molecule has 0 N–H and O–H groups in total. The maximum atomic E-state index is 12.0. The van der Waals surface area contributed by atoms with Gasteiger partial charge in [0.15, 0.2) is 9.84 Å². The molecule has 2 aliphatic rings. The second-order valence-electron chi connectivity index (χ2n) is 5.85. The Kier molecular flexibility index (Phi) is 3.29. The van der Waals surface area contributed by atoms with Gasteiger partial charge in [-0.25, -0.2) is 13.1 Å². The highest BCUT2D eigenvalue weighted by molar-refractivity contribution is 7.92. The second-order valence-corrected chi connectivity index (χ2v) is 8.18. The molecule has 0 bridgehead atoms. The smallest absolute Gasteiger partial charge is 0.216 e. The number of aryl methyl sites for hydroxylation is 2. The molecule has 112 valence electrons. The van der Waals surface area contributed by atoms with Gasteiger partial charge >= 0.3 is 0 Å². The molecular weight excluding hydrogens is 278 g/mol. The zero-order valence-electron chi connectivity index (χ0n) is 12.2. The summed E-state index contributed by atoms with van der Waals surface area (Å²) in [6.45, 7) is 4.18. The fourth-order valence-corrected chi connectivity index (χ4v) is 5.73. The van der Waals surface area contributed by atoms with E-state index < -0.39 is 9.84 Å². The van der Waals surface area contributed by atoms with E-state index in [1.54, 1.807) is 11.8 Å². The molecule has 6 nitrogen and oxygen atoms in total. The fraction of sp³-hybridized carbons (Fsp3) is 0.769. The molecule has 2 aliphatic heterocycles. The molecule has 0 radical (unpaired) electrons. The van der Waals surface area contributed by atoms with Crippen LogP contribution in [0, 0.1) is 12.8 Å². The number of sulfone groups is 1. The van der Waals surface area contributed by atoms with Crippen LogP contribution in [0.1, 0.15) is 17.7 Å². The quantitative estimate of drug-likeness (QED) is 0.806. The Morgan fingerprint density at radius 2 is 2.15 bits per heavy atom. The van der Waals surface area contributed by atoms with Gasteiger partial charge < -0.3 is 4.74 Å². The lowest BCUT2D eigenvalue weighted by molar-refractivity contribution is 0.302. The molecule has 1 aromatic rings. The Hall–Kier alpha value is -1.08. The molecule has 2 saturated heterocycles. The summed E-state index contributed by atoms with van der Waals surface area (Å²) in [5.41, 5.74) is 2.01. The van der Waals surface area contributed by atoms with Crippen LogP contribution < -0.4 is 4.74 Å². The van der Waals surface area contributed by atoms with Gasteiger partial charge in [-0.15, -0.1) is 0 Å². The van der Waals surface area contributed by atoms with Gasteiger partial charge in [0.05, 0.1) is 29.4 Å². The molecule has 3 rings (SSSR count). The maximum Gasteiger partial charge on any atom is 0.216 e. The first kappa shape index (κ1) is 13.9. The van der Waals surface area contributed by atoms with Crippen molar-refractivity contribution in [1.82, 2.24) is 14.7 Å². The van der Waals surface area contributed by atoms with E-state index in [0.29, 0.717) is 24.8 Å². The molecule has 1 aromatic heterocycles. The van der Waals surface area contributed by atoms with Gasteiger partial charge in [-0.1, -0.05) is 0 Å². The number of hydrogen-bond acceptors (Lipinski definition) is 5. The standard InChI is InChI=1S/C13H21N3O3S/c1-9-11(13(19-3)15(2)14-9)7-16-6-10-4-5-20(17,18)12(10)8-16/h10,12H,4-8H2,1-3H3/t10-,12+/m0/s1. The number of methoxy groups -OCH3 is 1. The topological polar surface area (TPSA) is 64.4 Å². The molecule has 0 saturated carbocycles. The van der Waals surface area contributed by atoms with Crippen molar-refractivity contribution in [3.8, 4) is 5.88 Å². The Morgan fingerprint density at radius 1 is 1.40 bits per heavy atom. The largest absolute Gasteiger partial charge is 0.481 e. The van der Waals surface area contributed by atoms with Crippen molar-refractivity contribution in [2.24, 2.45) is 13.0 Å². The minimum atomic E-state index is -2.86. The van der Waals surface area contributed by atoms with E-state index in [4.69, 9.17) is 4.74 Å². The summed E-state index contributed by atoms with van der Waals surface area (Å²) in [5.74, 6) is 1.44. The number of hydrogen-bond donors (Lipinski definition) is 0. The van der Waals surface area contributed by atoms with Crippen LogP contribution in [0.5, 0.6) is 5.88 Å². The van der Waals surface area contributed by atoms with Gasteiger partial charge in [0.25, 0.3) is 0 Å². The van der Waals surface area contributed by atoms with Gasteiger partial charge in [-0.3, -0.25) is 4.90 Å². The summed E-state index contributed by atoms with van der Waals surface area (Å²) in [6, 6.07) is 0. The number of likely N-dealkylation sites (tertiary alicyclic amines) is 1. The van der Waals surface area contributed by atoms with Crippen LogP contribution in [0.4, 0.5) is 0 Å². The van der Waals surface area contributed by atoms with Crippen LogP contribution in [-0.2, 0) is 23.4 Å². The summed E-state index contributed by atoms with van der Waals surface area (Å²) in [6.07, 6.45) is 0.812. The van der Waals surface area contributed by atoms with Crippen molar-refractivity contribution in [2.75, 3.05) is 26.0 Å². The minimum absolute atomic E-state index is 0.162. The maximum absolute atomic E-state index is 12.0. The predicted molar refractivity (Wildman–Crippen MR) is 75.5 cm³/mol. The number of nitrogens with zero attached hydrogens (tertiary/aromatic N) is 3. The summed E-state index contributed by atoms with van der Waals surface area (Å²) in [7, 11) is 0.638. The van der Waals surface area contributed by atoms with E-state index in [0.717, 1.165) is 30.1 Å². The van der Waals surface area contributed by atoms with Crippen LogP contribution in [0.15, 0.2) is 0 Å². The molecule has 0 amide bonds. The highest BCUT2D eigenvalue weighted by Gasteiger charge is 2.46. The van der Waals surface area contributed by atoms with E-state index in [1.807, 2.05) is 14.0 Å². The van der Waals surface area contributed by atoms with Crippen molar-refractivity contribution in [3.05, 3.63) is 11.3 Å². The molecule has 2 fully saturated rings. The lowest BCUT2D eigenvalue weighted by atomic mass is 10.1. The van der Waals surface area contributed by atoms with Gasteiger partial charge in [0, 0.05) is 26.7 Å². The molecule has 20 heavy (non-hydrogen) atoms. The number of ether oxygens (including phenoxy) is 1. The molecule has 7 heteroatoms. The summed E-state index contributed by atoms with van der Waals surface area (Å²) >= 11 is 0. The van der Waals surface area contributed by atoms with E-state index in [9.17, 15) is 8.42 Å². The Morgan fingerprint density at radius 3 is 2.80 bits per heavy atom.